The quantitative estimate of drug-likeness (QED) is 0.824. The van der Waals surface area contributed by atoms with Gasteiger partial charge in [0, 0.05) is 19.2 Å². The minimum absolute atomic E-state index is 0.414. The molecule has 0 amide bonds. The Balaban J connectivity index is 2.08. The third kappa shape index (κ3) is 2.85. The number of hydrogen-bond acceptors (Lipinski definition) is 5. The molecule has 90 valence electrons. The normalized spacial score (nSPS) is 12.6. The lowest BCUT2D eigenvalue weighted by Gasteiger charge is -2.09. The summed E-state index contributed by atoms with van der Waals surface area (Å²) in [5.41, 5.74) is 0.603. The van der Waals surface area contributed by atoms with Crippen molar-refractivity contribution in [2.45, 2.75) is 32.4 Å². The zero-order valence-corrected chi connectivity index (χ0v) is 9.69. The molecule has 0 fully saturated rings. The van der Waals surface area contributed by atoms with Gasteiger partial charge in [0.15, 0.2) is 0 Å². The number of hydrogen-bond donors (Lipinski definition) is 1. The average molecular weight is 233 g/mol. The fourth-order valence-electron chi connectivity index (χ4n) is 1.62. The van der Waals surface area contributed by atoms with Gasteiger partial charge < -0.3 is 5.11 Å². The van der Waals surface area contributed by atoms with Gasteiger partial charge in [-0.25, -0.2) is 15.0 Å². The highest BCUT2D eigenvalue weighted by molar-refractivity contribution is 5.04. The number of aromatic nitrogens is 5. The smallest absolute Gasteiger partial charge is 0.138 e. The molecule has 1 unspecified atom stereocenters. The fraction of sp³-hybridized carbons (Fsp3) is 0.455. The zero-order valence-electron chi connectivity index (χ0n) is 9.69. The van der Waals surface area contributed by atoms with Crippen molar-refractivity contribution in [3.63, 3.8) is 0 Å². The largest absolute Gasteiger partial charge is 0.386 e. The molecule has 6 heteroatoms. The van der Waals surface area contributed by atoms with Crippen molar-refractivity contribution >= 4 is 0 Å². The Bertz CT molecular complexity index is 456. The van der Waals surface area contributed by atoms with Crippen LogP contribution in [0.15, 0.2) is 24.9 Å². The predicted octanol–water partition coefficient (Wildman–Crippen LogP) is 0.754. The van der Waals surface area contributed by atoms with Crippen LogP contribution in [0, 0.1) is 0 Å². The van der Waals surface area contributed by atoms with Crippen LogP contribution in [0.3, 0.4) is 0 Å². The van der Waals surface area contributed by atoms with E-state index in [1.54, 1.807) is 12.3 Å². The van der Waals surface area contributed by atoms with Crippen LogP contribution in [0.1, 0.15) is 31.0 Å². The summed E-state index contributed by atoms with van der Waals surface area (Å²) < 4.78 is 1.81. The Kier molecular flexibility index (Phi) is 3.77. The Morgan fingerprint density at radius 3 is 2.94 bits per heavy atom. The van der Waals surface area contributed by atoms with Crippen LogP contribution in [0.4, 0.5) is 0 Å². The van der Waals surface area contributed by atoms with E-state index in [9.17, 15) is 5.11 Å². The average Bonchev–Trinajstić information content (AvgIpc) is 2.78. The first-order chi connectivity index (χ1) is 8.31. The molecule has 2 aromatic heterocycles. The van der Waals surface area contributed by atoms with Gasteiger partial charge >= 0.3 is 0 Å². The third-order valence-electron chi connectivity index (χ3n) is 2.45. The molecule has 2 heterocycles. The number of aryl methyl sites for hydroxylation is 1. The van der Waals surface area contributed by atoms with E-state index in [0.29, 0.717) is 12.1 Å². The van der Waals surface area contributed by atoms with E-state index in [1.807, 2.05) is 4.68 Å². The SMILES string of the molecule is CCCn1ncnc1CC(O)c1ccncn1. The molecule has 0 spiro atoms. The molecule has 0 saturated heterocycles. The van der Waals surface area contributed by atoms with Gasteiger partial charge in [-0.15, -0.1) is 0 Å². The second-order valence-electron chi connectivity index (χ2n) is 3.75. The highest BCUT2D eigenvalue weighted by atomic mass is 16.3. The van der Waals surface area contributed by atoms with Crippen LogP contribution in [-0.4, -0.2) is 29.8 Å². The van der Waals surface area contributed by atoms with E-state index in [1.165, 1.54) is 12.7 Å². The first kappa shape index (κ1) is 11.7. The topological polar surface area (TPSA) is 76.7 Å². The predicted molar refractivity (Wildman–Crippen MR) is 61.0 cm³/mol. The van der Waals surface area contributed by atoms with Crippen LogP contribution in [0.25, 0.3) is 0 Å². The summed E-state index contributed by atoms with van der Waals surface area (Å²) in [6.07, 6.45) is 5.28. The summed E-state index contributed by atoms with van der Waals surface area (Å²) in [7, 11) is 0. The van der Waals surface area contributed by atoms with Gasteiger partial charge in [-0.2, -0.15) is 5.10 Å². The lowest BCUT2D eigenvalue weighted by molar-refractivity contribution is 0.169. The van der Waals surface area contributed by atoms with Crippen molar-refractivity contribution in [3.05, 3.63) is 36.4 Å². The summed E-state index contributed by atoms with van der Waals surface area (Å²) in [5, 5.41) is 14.1. The first-order valence-corrected chi connectivity index (χ1v) is 5.62. The van der Waals surface area contributed by atoms with Crippen LogP contribution in [0.5, 0.6) is 0 Å². The van der Waals surface area contributed by atoms with Gasteiger partial charge in [-0.3, -0.25) is 4.68 Å². The molecule has 6 nitrogen and oxygen atoms in total. The summed E-state index contributed by atoms with van der Waals surface area (Å²) >= 11 is 0. The molecule has 0 radical (unpaired) electrons. The van der Waals surface area contributed by atoms with E-state index in [-0.39, 0.29) is 0 Å². The van der Waals surface area contributed by atoms with Crippen LogP contribution >= 0.6 is 0 Å². The maximum absolute atomic E-state index is 10.0. The van der Waals surface area contributed by atoms with E-state index >= 15 is 0 Å². The fourth-order valence-corrected chi connectivity index (χ4v) is 1.62. The van der Waals surface area contributed by atoms with Crippen molar-refractivity contribution < 1.29 is 5.11 Å². The lowest BCUT2D eigenvalue weighted by Crippen LogP contribution is -2.11. The highest BCUT2D eigenvalue weighted by Crippen LogP contribution is 2.13. The monoisotopic (exact) mass is 233 g/mol. The molecule has 0 aliphatic rings. The number of nitrogens with zero attached hydrogens (tertiary/aromatic N) is 5. The molecule has 0 aliphatic heterocycles. The van der Waals surface area contributed by atoms with Gasteiger partial charge in [0.2, 0.25) is 0 Å². The van der Waals surface area contributed by atoms with Gasteiger partial charge in [-0.05, 0) is 12.5 Å². The molecule has 1 N–H and O–H groups in total. The van der Waals surface area contributed by atoms with Gasteiger partial charge in [0.25, 0.3) is 0 Å². The van der Waals surface area contributed by atoms with Crippen LogP contribution in [-0.2, 0) is 13.0 Å². The molecule has 2 aromatic rings. The minimum atomic E-state index is -0.669. The van der Waals surface area contributed by atoms with Gasteiger partial charge in [-0.1, -0.05) is 6.92 Å². The molecule has 0 aliphatic carbocycles. The van der Waals surface area contributed by atoms with E-state index in [2.05, 4.69) is 27.0 Å². The first-order valence-electron chi connectivity index (χ1n) is 5.62. The summed E-state index contributed by atoms with van der Waals surface area (Å²) in [6.45, 7) is 2.89. The standard InChI is InChI=1S/C11H15N5O/c1-2-5-16-11(14-8-15-16)6-10(17)9-3-4-12-7-13-9/h3-4,7-8,10,17H,2,5-6H2,1H3. The lowest BCUT2D eigenvalue weighted by atomic mass is 10.2. The van der Waals surface area contributed by atoms with Crippen molar-refractivity contribution in [2.75, 3.05) is 0 Å². The second-order valence-corrected chi connectivity index (χ2v) is 3.75. The Morgan fingerprint density at radius 2 is 2.24 bits per heavy atom. The molecule has 2 rings (SSSR count). The molecular weight excluding hydrogens is 218 g/mol. The van der Waals surface area contributed by atoms with E-state index < -0.39 is 6.10 Å². The summed E-state index contributed by atoms with van der Waals surface area (Å²) in [6, 6.07) is 1.70. The molecule has 0 saturated carbocycles. The third-order valence-corrected chi connectivity index (χ3v) is 2.45. The van der Waals surface area contributed by atoms with Crippen molar-refractivity contribution in [2.24, 2.45) is 0 Å². The summed E-state index contributed by atoms with van der Waals surface area (Å²) in [4.78, 5) is 12.0. The zero-order chi connectivity index (χ0) is 12.1. The molecular formula is C11H15N5O. The molecule has 1 atom stereocenters. The maximum Gasteiger partial charge on any atom is 0.138 e. The van der Waals surface area contributed by atoms with E-state index in [4.69, 9.17) is 0 Å². The van der Waals surface area contributed by atoms with E-state index in [0.717, 1.165) is 18.8 Å². The Hall–Kier alpha value is -1.82. The number of aliphatic hydroxyl groups excluding tert-OH is 1. The molecule has 0 aromatic carbocycles. The van der Waals surface area contributed by atoms with Crippen LogP contribution in [0.2, 0.25) is 0 Å². The maximum atomic E-state index is 10.0. The Labute approximate surface area is 99.4 Å². The van der Waals surface area contributed by atoms with Crippen molar-refractivity contribution in [3.8, 4) is 0 Å². The molecule has 17 heavy (non-hydrogen) atoms. The van der Waals surface area contributed by atoms with Gasteiger partial charge in [0.1, 0.15) is 24.6 Å². The van der Waals surface area contributed by atoms with Crippen molar-refractivity contribution in [1.29, 1.82) is 0 Å². The summed E-state index contributed by atoms with van der Waals surface area (Å²) in [5.74, 6) is 0.776. The molecule has 0 bridgehead atoms. The minimum Gasteiger partial charge on any atom is -0.386 e. The second kappa shape index (κ2) is 5.49. The number of rotatable bonds is 5. The number of aliphatic hydroxyl groups is 1. The van der Waals surface area contributed by atoms with Crippen LogP contribution < -0.4 is 0 Å². The van der Waals surface area contributed by atoms with Gasteiger partial charge in [0.05, 0.1) is 5.69 Å². The van der Waals surface area contributed by atoms with Crippen molar-refractivity contribution in [1.82, 2.24) is 24.7 Å². The Morgan fingerprint density at radius 1 is 1.35 bits per heavy atom. The highest BCUT2D eigenvalue weighted by Gasteiger charge is 2.13.